The molecule has 4 rings (SSSR count). The van der Waals surface area contributed by atoms with E-state index < -0.39 is 27.6 Å². The second-order valence-corrected chi connectivity index (χ2v) is 8.29. The Morgan fingerprint density at radius 3 is 2.56 bits per heavy atom. The zero-order valence-corrected chi connectivity index (χ0v) is 15.0. The average Bonchev–Trinajstić information content (AvgIpc) is 2.66. The molecule has 3 aromatic rings. The Bertz CT molecular complexity index is 1220. The Balaban J connectivity index is 1.81. The molecule has 27 heavy (non-hydrogen) atoms. The molecule has 0 unspecified atom stereocenters. The number of sulfonamides is 1. The molecule has 0 fully saturated rings. The van der Waals surface area contributed by atoms with Crippen molar-refractivity contribution in [2.24, 2.45) is 5.73 Å². The number of fused-ring (bicyclic) bond motifs is 2. The summed E-state index contributed by atoms with van der Waals surface area (Å²) in [6.45, 7) is 0.0635. The van der Waals surface area contributed by atoms with E-state index in [0.29, 0.717) is 5.39 Å². The highest BCUT2D eigenvalue weighted by atomic mass is 32.2. The molecule has 138 valence electrons. The van der Waals surface area contributed by atoms with Gasteiger partial charge in [0, 0.05) is 18.0 Å². The molecule has 2 N–H and O–H groups in total. The van der Waals surface area contributed by atoms with Gasteiger partial charge in [-0.3, -0.25) is 4.79 Å². The first-order valence-electron chi connectivity index (χ1n) is 8.28. The highest BCUT2D eigenvalue weighted by molar-refractivity contribution is 7.89. The van der Waals surface area contributed by atoms with Crippen LogP contribution >= 0.6 is 0 Å². The summed E-state index contributed by atoms with van der Waals surface area (Å²) in [5.74, 6) is -0.695. The second-order valence-electron chi connectivity index (χ2n) is 6.40. The number of benzene rings is 2. The molecule has 1 amide bonds. The molecular formula is C19H16N2O5S. The Morgan fingerprint density at radius 2 is 1.81 bits per heavy atom. The van der Waals surface area contributed by atoms with Gasteiger partial charge in [-0.05, 0) is 41.8 Å². The van der Waals surface area contributed by atoms with Crippen molar-refractivity contribution < 1.29 is 17.6 Å². The van der Waals surface area contributed by atoms with E-state index in [1.54, 1.807) is 0 Å². The van der Waals surface area contributed by atoms with Crippen LogP contribution in [0.15, 0.2) is 68.7 Å². The van der Waals surface area contributed by atoms with Crippen LogP contribution in [0.5, 0.6) is 0 Å². The molecule has 0 radical (unpaired) electrons. The largest absolute Gasteiger partial charge is 0.423 e. The number of hydrogen-bond donors (Lipinski definition) is 1. The molecule has 0 spiro atoms. The van der Waals surface area contributed by atoms with Gasteiger partial charge in [-0.15, -0.1) is 0 Å². The van der Waals surface area contributed by atoms with E-state index in [1.165, 1.54) is 30.3 Å². The normalized spacial score (nSPS) is 17.6. The molecule has 1 aliphatic rings. The van der Waals surface area contributed by atoms with Gasteiger partial charge >= 0.3 is 5.63 Å². The number of nitrogens with zero attached hydrogens (tertiary/aromatic N) is 1. The van der Waals surface area contributed by atoms with E-state index in [9.17, 15) is 18.0 Å². The summed E-state index contributed by atoms with van der Waals surface area (Å²) in [5, 5.41) is 0.476. The van der Waals surface area contributed by atoms with Gasteiger partial charge < -0.3 is 10.2 Å². The molecule has 0 bridgehead atoms. The predicted molar refractivity (Wildman–Crippen MR) is 98.3 cm³/mol. The molecular weight excluding hydrogens is 368 g/mol. The quantitative estimate of drug-likeness (QED) is 0.686. The van der Waals surface area contributed by atoms with Gasteiger partial charge in [0.05, 0.1) is 4.90 Å². The number of carbonyl (C=O) groups excluding carboxylic acids is 1. The fourth-order valence-electron chi connectivity index (χ4n) is 3.34. The van der Waals surface area contributed by atoms with Crippen LogP contribution in [-0.4, -0.2) is 24.7 Å². The van der Waals surface area contributed by atoms with Crippen LogP contribution in [0, 0.1) is 0 Å². The van der Waals surface area contributed by atoms with E-state index in [0.717, 1.165) is 15.4 Å². The summed E-state index contributed by atoms with van der Waals surface area (Å²) in [5.41, 5.74) is 7.02. The smallest absolute Gasteiger partial charge is 0.336 e. The number of primary amides is 1. The molecule has 2 aromatic carbocycles. The molecule has 0 aliphatic carbocycles. The molecule has 1 atom stereocenters. The Labute approximate surface area is 155 Å². The summed E-state index contributed by atoms with van der Waals surface area (Å²) in [6, 6.07) is 13.3. The zero-order valence-electron chi connectivity index (χ0n) is 14.2. The first-order chi connectivity index (χ1) is 12.9. The molecule has 0 saturated carbocycles. The van der Waals surface area contributed by atoms with Crippen LogP contribution < -0.4 is 11.4 Å². The number of carbonyl (C=O) groups is 1. The fourth-order valence-corrected chi connectivity index (χ4v) is 4.95. The second kappa shape index (κ2) is 6.33. The zero-order chi connectivity index (χ0) is 19.2. The monoisotopic (exact) mass is 384 g/mol. The van der Waals surface area contributed by atoms with Crippen molar-refractivity contribution in [3.05, 3.63) is 76.1 Å². The van der Waals surface area contributed by atoms with E-state index in [2.05, 4.69) is 0 Å². The summed E-state index contributed by atoms with van der Waals surface area (Å²) in [7, 11) is -3.99. The third-order valence-electron chi connectivity index (χ3n) is 4.73. The summed E-state index contributed by atoms with van der Waals surface area (Å²) in [4.78, 5) is 23.3. The van der Waals surface area contributed by atoms with Gasteiger partial charge in [0.25, 0.3) is 0 Å². The van der Waals surface area contributed by atoms with Crippen molar-refractivity contribution in [1.82, 2.24) is 4.31 Å². The van der Waals surface area contributed by atoms with Crippen LogP contribution in [0.1, 0.15) is 11.1 Å². The van der Waals surface area contributed by atoms with Gasteiger partial charge in [-0.1, -0.05) is 24.3 Å². The fraction of sp³-hybridized carbons (Fsp3) is 0.158. The molecule has 1 aliphatic heterocycles. The van der Waals surface area contributed by atoms with Crippen molar-refractivity contribution in [2.45, 2.75) is 23.9 Å². The maximum absolute atomic E-state index is 13.2. The number of rotatable bonds is 3. The topological polar surface area (TPSA) is 111 Å². The lowest BCUT2D eigenvalue weighted by atomic mass is 9.96. The SMILES string of the molecule is NC(=O)[C@H]1Cc2ccccc2CN1S(=O)(=O)c1ccc2oc(=O)ccc2c1. The van der Waals surface area contributed by atoms with Gasteiger partial charge in [-0.25, -0.2) is 13.2 Å². The van der Waals surface area contributed by atoms with Crippen molar-refractivity contribution in [1.29, 1.82) is 0 Å². The number of nitrogens with two attached hydrogens (primary N) is 1. The minimum absolute atomic E-state index is 0.00878. The van der Waals surface area contributed by atoms with Crippen molar-refractivity contribution in [2.75, 3.05) is 0 Å². The van der Waals surface area contributed by atoms with E-state index >= 15 is 0 Å². The summed E-state index contributed by atoms with van der Waals surface area (Å²) in [6.07, 6.45) is 0.229. The average molecular weight is 384 g/mol. The molecule has 7 nitrogen and oxygen atoms in total. The van der Waals surface area contributed by atoms with Gasteiger partial charge in [0.15, 0.2) is 0 Å². The highest BCUT2D eigenvalue weighted by Crippen LogP contribution is 2.30. The molecule has 2 heterocycles. The molecule has 8 heteroatoms. The summed E-state index contributed by atoms with van der Waals surface area (Å²) >= 11 is 0. The molecule has 1 aromatic heterocycles. The lowest BCUT2D eigenvalue weighted by Crippen LogP contribution is -2.50. The lowest BCUT2D eigenvalue weighted by Gasteiger charge is -2.34. The predicted octanol–water partition coefficient (Wildman–Crippen LogP) is 1.39. The third kappa shape index (κ3) is 3.02. The Hall–Kier alpha value is -2.97. The number of hydrogen-bond acceptors (Lipinski definition) is 5. The minimum Gasteiger partial charge on any atom is -0.423 e. The van der Waals surface area contributed by atoms with Crippen LogP contribution in [0.4, 0.5) is 0 Å². The third-order valence-corrected chi connectivity index (χ3v) is 6.58. The van der Waals surface area contributed by atoms with Crippen LogP contribution in [0.3, 0.4) is 0 Å². The van der Waals surface area contributed by atoms with Crippen molar-refractivity contribution in [3.63, 3.8) is 0 Å². The van der Waals surface area contributed by atoms with E-state index in [-0.39, 0.29) is 23.4 Å². The highest BCUT2D eigenvalue weighted by Gasteiger charge is 2.38. The standard InChI is InChI=1S/C19H16N2O5S/c20-19(23)16-10-12-3-1-2-4-14(12)11-21(16)27(24,25)15-6-7-17-13(9-15)5-8-18(22)26-17/h1-9,16H,10-11H2,(H2,20,23)/t16-/m1/s1. The lowest BCUT2D eigenvalue weighted by molar-refractivity contribution is -0.122. The van der Waals surface area contributed by atoms with Crippen LogP contribution in [0.2, 0.25) is 0 Å². The van der Waals surface area contributed by atoms with E-state index in [4.69, 9.17) is 10.2 Å². The van der Waals surface area contributed by atoms with Gasteiger partial charge in [-0.2, -0.15) is 4.31 Å². The van der Waals surface area contributed by atoms with Crippen LogP contribution in [-0.2, 0) is 27.8 Å². The first kappa shape index (κ1) is 17.4. The number of amides is 1. The Morgan fingerprint density at radius 1 is 1.07 bits per heavy atom. The van der Waals surface area contributed by atoms with Gasteiger partial charge in [0.2, 0.25) is 15.9 Å². The van der Waals surface area contributed by atoms with Crippen LogP contribution in [0.25, 0.3) is 11.0 Å². The minimum atomic E-state index is -3.99. The van der Waals surface area contributed by atoms with E-state index in [1.807, 2.05) is 24.3 Å². The maximum Gasteiger partial charge on any atom is 0.336 e. The van der Waals surface area contributed by atoms with Crippen molar-refractivity contribution >= 4 is 26.9 Å². The summed E-state index contributed by atoms with van der Waals surface area (Å²) < 4.78 is 32.7. The molecule has 0 saturated heterocycles. The van der Waals surface area contributed by atoms with Gasteiger partial charge in [0.1, 0.15) is 11.6 Å². The first-order valence-corrected chi connectivity index (χ1v) is 9.72. The Kier molecular flexibility index (Phi) is 4.09. The maximum atomic E-state index is 13.2. The van der Waals surface area contributed by atoms with Crippen molar-refractivity contribution in [3.8, 4) is 0 Å².